The van der Waals surface area contributed by atoms with Crippen LogP contribution in [-0.2, 0) is 11.0 Å². The van der Waals surface area contributed by atoms with Gasteiger partial charge in [-0.2, -0.15) is 13.2 Å². The first-order valence-corrected chi connectivity index (χ1v) is 8.71. The number of halogens is 3. The van der Waals surface area contributed by atoms with Crippen molar-refractivity contribution in [2.75, 3.05) is 27.2 Å². The number of nitrogens with zero attached hydrogens (tertiary/aromatic N) is 2. The van der Waals surface area contributed by atoms with Gasteiger partial charge in [-0.1, -0.05) is 6.07 Å². The summed E-state index contributed by atoms with van der Waals surface area (Å²) in [5.74, 6) is -0.372. The van der Waals surface area contributed by atoms with Crippen molar-refractivity contribution < 1.29 is 22.7 Å². The fourth-order valence-electron chi connectivity index (χ4n) is 3.52. The number of carbonyl (C=O) groups is 1. The second-order valence-corrected chi connectivity index (χ2v) is 6.70. The number of ether oxygens (including phenoxy) is 1. The topological polar surface area (TPSA) is 44.8 Å². The fraction of sp³-hybridized carbons (Fsp3) is 0.421. The number of methoxy groups -OCH3 is 1. The largest absolute Gasteiger partial charge is 0.497 e. The molecule has 2 aliphatic heterocycles. The second-order valence-electron chi connectivity index (χ2n) is 6.70. The van der Waals surface area contributed by atoms with Crippen molar-refractivity contribution in [3.8, 4) is 5.75 Å². The van der Waals surface area contributed by atoms with E-state index in [4.69, 9.17) is 4.74 Å². The number of carbonyl (C=O) groups excluding carboxylic acids is 1. The van der Waals surface area contributed by atoms with Gasteiger partial charge in [0.05, 0.1) is 18.2 Å². The van der Waals surface area contributed by atoms with Crippen molar-refractivity contribution in [2.24, 2.45) is 0 Å². The van der Waals surface area contributed by atoms with E-state index in [0.717, 1.165) is 6.07 Å². The van der Waals surface area contributed by atoms with Gasteiger partial charge in [0.2, 0.25) is 0 Å². The Morgan fingerprint density at radius 3 is 2.78 bits per heavy atom. The standard InChI is InChI=1S/C19H22F3N3O2/c1-24-11-14(7-8-23-24)18(26)25-9-3-4-13(12-25)16-6-5-15(27-2)10-17(16)19(20,21)22/h5-8,10-11,13,23H,3-4,9,12H2,1-2H3. The highest BCUT2D eigenvalue weighted by molar-refractivity contribution is 5.96. The molecule has 5 nitrogen and oxygen atoms in total. The lowest BCUT2D eigenvalue weighted by atomic mass is 9.87. The predicted molar refractivity (Wildman–Crippen MR) is 94.7 cm³/mol. The number of rotatable bonds is 3. The highest BCUT2D eigenvalue weighted by Gasteiger charge is 2.37. The zero-order valence-electron chi connectivity index (χ0n) is 15.2. The lowest BCUT2D eigenvalue weighted by Gasteiger charge is -2.35. The van der Waals surface area contributed by atoms with E-state index in [1.165, 1.54) is 13.2 Å². The Balaban J connectivity index is 1.84. The van der Waals surface area contributed by atoms with Gasteiger partial charge < -0.3 is 15.1 Å². The molecule has 0 saturated carbocycles. The quantitative estimate of drug-likeness (QED) is 0.873. The van der Waals surface area contributed by atoms with Crippen molar-refractivity contribution in [2.45, 2.75) is 24.9 Å². The minimum Gasteiger partial charge on any atom is -0.497 e. The van der Waals surface area contributed by atoms with Crippen LogP contribution in [0.15, 0.2) is 42.2 Å². The minimum absolute atomic E-state index is 0.169. The molecule has 3 rings (SSSR count). The van der Waals surface area contributed by atoms with Crippen LogP contribution in [0.5, 0.6) is 5.75 Å². The van der Waals surface area contributed by atoms with Crippen molar-refractivity contribution in [1.82, 2.24) is 15.3 Å². The number of benzene rings is 1. The Kier molecular flexibility index (Phi) is 5.34. The van der Waals surface area contributed by atoms with E-state index in [1.54, 1.807) is 41.5 Å². The summed E-state index contributed by atoms with van der Waals surface area (Å²) in [5, 5.41) is 1.65. The minimum atomic E-state index is -4.47. The van der Waals surface area contributed by atoms with Crippen molar-refractivity contribution in [3.05, 3.63) is 53.4 Å². The molecule has 8 heteroatoms. The molecule has 1 saturated heterocycles. The van der Waals surface area contributed by atoms with Crippen molar-refractivity contribution in [1.29, 1.82) is 0 Å². The van der Waals surface area contributed by atoms with Crippen LogP contribution in [0.3, 0.4) is 0 Å². The Labute approximate surface area is 156 Å². The molecule has 1 fully saturated rings. The molecule has 0 bridgehead atoms. The Morgan fingerprint density at radius 1 is 1.33 bits per heavy atom. The molecule has 1 amide bonds. The molecule has 1 aromatic rings. The Bertz CT molecular complexity index is 774. The molecule has 1 atom stereocenters. The summed E-state index contributed by atoms with van der Waals surface area (Å²) in [7, 11) is 3.11. The van der Waals surface area contributed by atoms with E-state index in [-0.39, 0.29) is 29.7 Å². The van der Waals surface area contributed by atoms with Gasteiger partial charge in [0.25, 0.3) is 5.91 Å². The summed E-state index contributed by atoms with van der Waals surface area (Å²) in [5.41, 5.74) is 2.93. The number of hydrogen-bond donors (Lipinski definition) is 1. The second kappa shape index (κ2) is 7.54. The third kappa shape index (κ3) is 4.20. The maximum Gasteiger partial charge on any atom is 0.416 e. The zero-order chi connectivity index (χ0) is 19.6. The number of alkyl halides is 3. The normalized spacial score (nSPS) is 20.2. The summed E-state index contributed by atoms with van der Waals surface area (Å²) in [6.07, 6.45) is 1.78. The van der Waals surface area contributed by atoms with Crippen LogP contribution >= 0.6 is 0 Å². The molecule has 27 heavy (non-hydrogen) atoms. The summed E-state index contributed by atoms with van der Waals surface area (Å²) in [6.45, 7) is 0.797. The van der Waals surface area contributed by atoms with Crippen molar-refractivity contribution in [3.63, 3.8) is 0 Å². The smallest absolute Gasteiger partial charge is 0.416 e. The number of amides is 1. The third-order valence-electron chi connectivity index (χ3n) is 4.84. The maximum absolute atomic E-state index is 13.5. The van der Waals surface area contributed by atoms with E-state index < -0.39 is 11.7 Å². The van der Waals surface area contributed by atoms with Crippen LogP contribution < -0.4 is 10.2 Å². The van der Waals surface area contributed by atoms with Crippen LogP contribution in [0.1, 0.15) is 29.9 Å². The number of hydrazine groups is 1. The van der Waals surface area contributed by atoms with Crippen LogP contribution in [0.25, 0.3) is 0 Å². The first-order valence-electron chi connectivity index (χ1n) is 8.71. The van der Waals surface area contributed by atoms with Gasteiger partial charge >= 0.3 is 6.18 Å². The monoisotopic (exact) mass is 381 g/mol. The van der Waals surface area contributed by atoms with Crippen LogP contribution in [0.2, 0.25) is 0 Å². The van der Waals surface area contributed by atoms with Gasteiger partial charge in [0.1, 0.15) is 5.75 Å². The van der Waals surface area contributed by atoms with Crippen LogP contribution in [0.4, 0.5) is 13.2 Å². The van der Waals surface area contributed by atoms with E-state index >= 15 is 0 Å². The number of piperidine rings is 1. The predicted octanol–water partition coefficient (Wildman–Crippen LogP) is 3.27. The summed E-state index contributed by atoms with van der Waals surface area (Å²) < 4.78 is 45.6. The summed E-state index contributed by atoms with van der Waals surface area (Å²) in [4.78, 5) is 14.4. The zero-order valence-corrected chi connectivity index (χ0v) is 15.2. The van der Waals surface area contributed by atoms with Gasteiger partial charge in [0.15, 0.2) is 0 Å². The van der Waals surface area contributed by atoms with E-state index in [9.17, 15) is 18.0 Å². The lowest BCUT2D eigenvalue weighted by Crippen LogP contribution is -2.41. The van der Waals surface area contributed by atoms with Crippen LogP contribution in [-0.4, -0.2) is 43.1 Å². The number of nitrogens with one attached hydrogen (secondary N) is 1. The molecule has 1 aromatic carbocycles. The van der Waals surface area contributed by atoms with E-state index in [0.29, 0.717) is 25.0 Å². The molecule has 0 aromatic heterocycles. The SMILES string of the molecule is COc1ccc(C2CCCN(C(=O)C3=CN(C)NC=C3)C2)c(C(F)(F)F)c1. The van der Waals surface area contributed by atoms with E-state index in [2.05, 4.69) is 5.43 Å². The molecule has 0 aliphatic carbocycles. The average Bonchev–Trinajstić information content (AvgIpc) is 2.66. The van der Waals surface area contributed by atoms with E-state index in [1.807, 2.05) is 0 Å². The third-order valence-corrected chi connectivity index (χ3v) is 4.84. The first kappa shape index (κ1) is 19.1. The summed E-state index contributed by atoms with van der Waals surface area (Å²) >= 11 is 0. The van der Waals surface area contributed by atoms with Gasteiger partial charge in [-0.3, -0.25) is 9.80 Å². The molecule has 0 radical (unpaired) electrons. The molecule has 1 unspecified atom stereocenters. The van der Waals surface area contributed by atoms with Gasteiger partial charge in [-0.05, 0) is 36.6 Å². The van der Waals surface area contributed by atoms with Gasteiger partial charge in [-0.15, -0.1) is 0 Å². The molecular formula is C19H22F3N3O2. The number of hydrogen-bond acceptors (Lipinski definition) is 4. The number of likely N-dealkylation sites (tertiary alicyclic amines) is 1. The maximum atomic E-state index is 13.5. The Hall–Kier alpha value is -2.64. The van der Waals surface area contributed by atoms with Gasteiger partial charge in [-0.25, -0.2) is 0 Å². The highest BCUT2D eigenvalue weighted by atomic mass is 19.4. The molecule has 1 N–H and O–H groups in total. The molecular weight excluding hydrogens is 359 g/mol. The van der Waals surface area contributed by atoms with Crippen molar-refractivity contribution >= 4 is 5.91 Å². The molecule has 2 aliphatic rings. The fourth-order valence-corrected chi connectivity index (χ4v) is 3.52. The molecule has 2 heterocycles. The Morgan fingerprint density at radius 2 is 2.11 bits per heavy atom. The average molecular weight is 381 g/mol. The highest BCUT2D eigenvalue weighted by Crippen LogP contribution is 2.40. The summed E-state index contributed by atoms with van der Waals surface area (Å²) in [6, 6.07) is 4.04. The molecule has 0 spiro atoms. The molecule has 146 valence electrons. The van der Waals surface area contributed by atoms with Gasteiger partial charge in [0, 0.05) is 38.5 Å². The van der Waals surface area contributed by atoms with Crippen LogP contribution in [0, 0.1) is 0 Å². The first-order chi connectivity index (χ1) is 12.8. The lowest BCUT2D eigenvalue weighted by molar-refractivity contribution is -0.138.